The van der Waals surface area contributed by atoms with Crippen molar-refractivity contribution in [2.75, 3.05) is 20.1 Å². The Labute approximate surface area is 99.0 Å². The van der Waals surface area contributed by atoms with Crippen LogP contribution in [0.5, 0.6) is 0 Å². The molecule has 0 saturated carbocycles. The van der Waals surface area contributed by atoms with Crippen molar-refractivity contribution in [1.82, 2.24) is 10.2 Å². The summed E-state index contributed by atoms with van der Waals surface area (Å²) in [5, 5.41) is 12.0. The molecule has 0 aromatic carbocycles. The van der Waals surface area contributed by atoms with Gasteiger partial charge in [-0.25, -0.2) is 4.79 Å². The number of urea groups is 1. The molecule has 0 aromatic rings. The monoisotopic (exact) mass is 230 g/mol. The number of hydrogen-bond donors (Lipinski definition) is 2. The highest BCUT2D eigenvalue weighted by molar-refractivity contribution is 5.73. The lowest BCUT2D eigenvalue weighted by atomic mass is 9.91. The first kappa shape index (κ1) is 15.2. The van der Waals surface area contributed by atoms with E-state index in [1.807, 2.05) is 0 Å². The molecule has 1 atom stereocenters. The maximum absolute atomic E-state index is 11.5. The lowest BCUT2D eigenvalue weighted by Crippen LogP contribution is -2.41. The minimum atomic E-state index is -0.481. The number of amides is 2. The van der Waals surface area contributed by atoms with E-state index in [-0.39, 0.29) is 6.03 Å². The first-order valence-corrected chi connectivity index (χ1v) is 5.89. The zero-order chi connectivity index (χ0) is 12.8. The van der Waals surface area contributed by atoms with Gasteiger partial charge in [0.2, 0.25) is 0 Å². The summed E-state index contributed by atoms with van der Waals surface area (Å²) >= 11 is 0. The Bertz CT molecular complexity index is 210. The maximum Gasteiger partial charge on any atom is 0.317 e. The minimum absolute atomic E-state index is 0.116. The summed E-state index contributed by atoms with van der Waals surface area (Å²) in [6.07, 6.45) is 1.59. The van der Waals surface area contributed by atoms with Crippen LogP contribution in [0.25, 0.3) is 0 Å². The van der Waals surface area contributed by atoms with Gasteiger partial charge in [0.25, 0.3) is 0 Å². The van der Waals surface area contributed by atoms with E-state index < -0.39 is 6.10 Å². The molecular weight excluding hydrogens is 204 g/mol. The van der Waals surface area contributed by atoms with Crippen LogP contribution in [0.1, 0.15) is 40.5 Å². The molecule has 1 unspecified atom stereocenters. The average Bonchev–Trinajstić information content (AvgIpc) is 2.09. The van der Waals surface area contributed by atoms with Crippen LogP contribution < -0.4 is 5.32 Å². The number of rotatable bonds is 5. The fourth-order valence-corrected chi connectivity index (χ4v) is 1.43. The van der Waals surface area contributed by atoms with Gasteiger partial charge in [-0.3, -0.25) is 0 Å². The van der Waals surface area contributed by atoms with Crippen molar-refractivity contribution in [2.24, 2.45) is 5.41 Å². The van der Waals surface area contributed by atoms with Crippen LogP contribution in [0.3, 0.4) is 0 Å². The Morgan fingerprint density at radius 3 is 2.44 bits per heavy atom. The molecule has 0 heterocycles. The molecule has 4 nitrogen and oxygen atoms in total. The Hall–Kier alpha value is -0.770. The molecule has 2 N–H and O–H groups in total. The molecule has 16 heavy (non-hydrogen) atoms. The van der Waals surface area contributed by atoms with Gasteiger partial charge in [0.1, 0.15) is 0 Å². The number of nitrogens with one attached hydrogen (secondary N) is 1. The number of carbonyl (C=O) groups is 1. The SMILES string of the molecule is CC(O)CN(C)C(=O)NCCCC(C)(C)C. The molecule has 0 aliphatic heterocycles. The van der Waals surface area contributed by atoms with Gasteiger partial charge in [0.15, 0.2) is 0 Å². The fraction of sp³-hybridized carbons (Fsp3) is 0.917. The largest absolute Gasteiger partial charge is 0.392 e. The molecular formula is C12H26N2O2. The highest BCUT2D eigenvalue weighted by Crippen LogP contribution is 2.19. The normalized spacial score (nSPS) is 13.4. The summed E-state index contributed by atoms with van der Waals surface area (Å²) in [6.45, 7) is 9.30. The number of hydrogen-bond acceptors (Lipinski definition) is 2. The second-order valence-corrected chi connectivity index (χ2v) is 5.63. The average molecular weight is 230 g/mol. The minimum Gasteiger partial charge on any atom is -0.392 e. The van der Waals surface area contributed by atoms with Gasteiger partial charge in [-0.15, -0.1) is 0 Å². The zero-order valence-corrected chi connectivity index (χ0v) is 11.2. The highest BCUT2D eigenvalue weighted by Gasteiger charge is 2.12. The Kier molecular flexibility index (Phi) is 6.41. The van der Waals surface area contributed by atoms with E-state index in [1.165, 1.54) is 4.90 Å². The standard InChI is InChI=1S/C12H26N2O2/c1-10(15)9-14(5)11(16)13-8-6-7-12(2,3)4/h10,15H,6-9H2,1-5H3,(H,13,16). The summed E-state index contributed by atoms with van der Waals surface area (Å²) < 4.78 is 0. The molecule has 0 spiro atoms. The predicted molar refractivity (Wildman–Crippen MR) is 66.4 cm³/mol. The predicted octanol–water partition coefficient (Wildman–Crippen LogP) is 1.83. The van der Waals surface area contributed by atoms with Crippen molar-refractivity contribution in [1.29, 1.82) is 0 Å². The molecule has 0 radical (unpaired) electrons. The lowest BCUT2D eigenvalue weighted by Gasteiger charge is -2.21. The van der Waals surface area contributed by atoms with Crippen molar-refractivity contribution >= 4 is 6.03 Å². The molecule has 0 fully saturated rings. The van der Waals surface area contributed by atoms with Crippen molar-refractivity contribution in [3.05, 3.63) is 0 Å². The van der Waals surface area contributed by atoms with Gasteiger partial charge < -0.3 is 15.3 Å². The first-order valence-electron chi connectivity index (χ1n) is 5.89. The Balaban J connectivity index is 3.65. The summed E-state index contributed by atoms with van der Waals surface area (Å²) in [5.74, 6) is 0. The van der Waals surface area contributed by atoms with E-state index in [9.17, 15) is 4.79 Å². The molecule has 0 aliphatic rings. The van der Waals surface area contributed by atoms with E-state index in [0.29, 0.717) is 18.5 Å². The van der Waals surface area contributed by atoms with Crippen LogP contribution in [-0.2, 0) is 0 Å². The summed E-state index contributed by atoms with van der Waals surface area (Å²) in [4.78, 5) is 13.0. The van der Waals surface area contributed by atoms with Gasteiger partial charge >= 0.3 is 6.03 Å². The highest BCUT2D eigenvalue weighted by atomic mass is 16.3. The van der Waals surface area contributed by atoms with Crippen LogP contribution >= 0.6 is 0 Å². The van der Waals surface area contributed by atoms with Crippen molar-refractivity contribution < 1.29 is 9.90 Å². The number of carbonyl (C=O) groups excluding carboxylic acids is 1. The molecule has 4 heteroatoms. The van der Waals surface area contributed by atoms with Gasteiger partial charge in [-0.2, -0.15) is 0 Å². The van der Waals surface area contributed by atoms with Crippen LogP contribution in [0, 0.1) is 5.41 Å². The van der Waals surface area contributed by atoms with Crippen LogP contribution in [0.15, 0.2) is 0 Å². The lowest BCUT2D eigenvalue weighted by molar-refractivity contribution is 0.143. The molecule has 0 aliphatic carbocycles. The zero-order valence-electron chi connectivity index (χ0n) is 11.2. The number of aliphatic hydroxyl groups is 1. The van der Waals surface area contributed by atoms with E-state index in [4.69, 9.17) is 5.11 Å². The molecule has 2 amide bonds. The van der Waals surface area contributed by atoms with E-state index >= 15 is 0 Å². The third-order valence-electron chi connectivity index (χ3n) is 2.26. The molecule has 0 bridgehead atoms. The van der Waals surface area contributed by atoms with E-state index in [1.54, 1.807) is 14.0 Å². The second-order valence-electron chi connectivity index (χ2n) is 5.63. The molecule has 0 saturated heterocycles. The summed E-state index contributed by atoms with van der Waals surface area (Å²) in [7, 11) is 1.69. The van der Waals surface area contributed by atoms with Gasteiger partial charge in [0, 0.05) is 20.1 Å². The van der Waals surface area contributed by atoms with Gasteiger partial charge in [-0.05, 0) is 25.2 Å². The molecule has 96 valence electrons. The van der Waals surface area contributed by atoms with Crippen LogP contribution in [-0.4, -0.2) is 42.3 Å². The Morgan fingerprint density at radius 1 is 1.44 bits per heavy atom. The molecule has 0 rings (SSSR count). The second kappa shape index (κ2) is 6.74. The van der Waals surface area contributed by atoms with Gasteiger partial charge in [-0.1, -0.05) is 20.8 Å². The first-order chi connectivity index (χ1) is 7.22. The quantitative estimate of drug-likeness (QED) is 0.708. The van der Waals surface area contributed by atoms with E-state index in [2.05, 4.69) is 26.1 Å². The summed E-state index contributed by atoms with van der Waals surface area (Å²) in [5.41, 5.74) is 0.316. The van der Waals surface area contributed by atoms with Crippen molar-refractivity contribution in [3.8, 4) is 0 Å². The fourth-order valence-electron chi connectivity index (χ4n) is 1.43. The number of nitrogens with zero attached hydrogens (tertiary/aromatic N) is 1. The molecule has 0 aromatic heterocycles. The Morgan fingerprint density at radius 2 is 2.00 bits per heavy atom. The van der Waals surface area contributed by atoms with Gasteiger partial charge in [0.05, 0.1) is 6.10 Å². The van der Waals surface area contributed by atoms with E-state index in [0.717, 1.165) is 12.8 Å². The topological polar surface area (TPSA) is 52.6 Å². The third-order valence-corrected chi connectivity index (χ3v) is 2.26. The smallest absolute Gasteiger partial charge is 0.317 e. The third kappa shape index (κ3) is 8.53. The maximum atomic E-state index is 11.5. The summed E-state index contributed by atoms with van der Waals surface area (Å²) in [6, 6.07) is -0.116. The van der Waals surface area contributed by atoms with Crippen LogP contribution in [0.2, 0.25) is 0 Å². The van der Waals surface area contributed by atoms with Crippen molar-refractivity contribution in [3.63, 3.8) is 0 Å². The number of likely N-dealkylation sites (N-methyl/N-ethyl adjacent to an activating group) is 1. The van der Waals surface area contributed by atoms with Crippen molar-refractivity contribution in [2.45, 2.75) is 46.6 Å². The number of aliphatic hydroxyl groups excluding tert-OH is 1. The van der Waals surface area contributed by atoms with Crippen LogP contribution in [0.4, 0.5) is 4.79 Å².